The SMILES string of the molecule is Cc1nc(C(=O)NCCc2ccncc2)c(C)n1C1CCN(S(C)(=O)=O)CC1. The average Bonchev–Trinajstić information content (AvgIpc) is 2.96. The lowest BCUT2D eigenvalue weighted by Crippen LogP contribution is -2.38. The first-order chi connectivity index (χ1) is 13.3. The number of hydrogen-bond acceptors (Lipinski definition) is 5. The maximum absolute atomic E-state index is 12.6. The molecule has 0 radical (unpaired) electrons. The van der Waals surface area contributed by atoms with Gasteiger partial charge >= 0.3 is 0 Å². The molecule has 0 spiro atoms. The maximum atomic E-state index is 12.6. The van der Waals surface area contributed by atoms with E-state index in [1.165, 1.54) is 10.6 Å². The van der Waals surface area contributed by atoms with Gasteiger partial charge in [-0.15, -0.1) is 0 Å². The van der Waals surface area contributed by atoms with E-state index in [9.17, 15) is 13.2 Å². The molecule has 9 heteroatoms. The molecule has 1 N–H and O–H groups in total. The van der Waals surface area contributed by atoms with Crippen molar-refractivity contribution in [3.63, 3.8) is 0 Å². The number of piperidine rings is 1. The van der Waals surface area contributed by atoms with Crippen molar-refractivity contribution < 1.29 is 13.2 Å². The van der Waals surface area contributed by atoms with Crippen molar-refractivity contribution >= 4 is 15.9 Å². The van der Waals surface area contributed by atoms with Gasteiger partial charge in [-0.2, -0.15) is 0 Å². The van der Waals surface area contributed by atoms with Gasteiger partial charge in [0.05, 0.1) is 6.26 Å². The molecular formula is C19H27N5O3S. The van der Waals surface area contributed by atoms with E-state index in [1.807, 2.05) is 26.0 Å². The van der Waals surface area contributed by atoms with Crippen LogP contribution in [0.5, 0.6) is 0 Å². The highest BCUT2D eigenvalue weighted by atomic mass is 32.2. The smallest absolute Gasteiger partial charge is 0.271 e. The van der Waals surface area contributed by atoms with Crippen LogP contribution >= 0.6 is 0 Å². The third kappa shape index (κ3) is 4.59. The molecule has 8 nitrogen and oxygen atoms in total. The highest BCUT2D eigenvalue weighted by molar-refractivity contribution is 7.88. The summed E-state index contributed by atoms with van der Waals surface area (Å²) in [5, 5.41) is 2.94. The summed E-state index contributed by atoms with van der Waals surface area (Å²) in [6, 6.07) is 4.02. The summed E-state index contributed by atoms with van der Waals surface area (Å²) in [5.41, 5.74) is 2.39. The van der Waals surface area contributed by atoms with Gasteiger partial charge < -0.3 is 9.88 Å². The van der Waals surface area contributed by atoms with Crippen molar-refractivity contribution in [3.8, 4) is 0 Å². The van der Waals surface area contributed by atoms with Crippen LogP contribution in [0.15, 0.2) is 24.5 Å². The van der Waals surface area contributed by atoms with Crippen LogP contribution in [0.25, 0.3) is 0 Å². The van der Waals surface area contributed by atoms with Crippen molar-refractivity contribution in [2.75, 3.05) is 25.9 Å². The number of carbonyl (C=O) groups excluding carboxylic acids is 1. The van der Waals surface area contributed by atoms with E-state index in [0.29, 0.717) is 38.2 Å². The van der Waals surface area contributed by atoms with Gasteiger partial charge in [0.2, 0.25) is 10.0 Å². The largest absolute Gasteiger partial charge is 0.350 e. The minimum atomic E-state index is -3.15. The predicted molar refractivity (Wildman–Crippen MR) is 107 cm³/mol. The summed E-state index contributed by atoms with van der Waals surface area (Å²) in [7, 11) is -3.15. The van der Waals surface area contributed by atoms with E-state index in [0.717, 1.165) is 23.5 Å². The fourth-order valence-electron chi connectivity index (χ4n) is 3.79. The molecule has 0 bridgehead atoms. The number of hydrogen-bond donors (Lipinski definition) is 1. The van der Waals surface area contributed by atoms with Gasteiger partial charge in [0.25, 0.3) is 5.91 Å². The summed E-state index contributed by atoms with van der Waals surface area (Å²) in [5.74, 6) is 0.608. The van der Waals surface area contributed by atoms with Gasteiger partial charge in [0, 0.05) is 43.8 Å². The van der Waals surface area contributed by atoms with E-state index in [-0.39, 0.29) is 11.9 Å². The molecule has 1 amide bonds. The Kier molecular flexibility index (Phi) is 6.14. The van der Waals surface area contributed by atoms with E-state index in [2.05, 4.69) is 19.9 Å². The van der Waals surface area contributed by atoms with Gasteiger partial charge in [-0.25, -0.2) is 17.7 Å². The molecule has 2 aromatic heterocycles. The molecule has 3 heterocycles. The zero-order valence-corrected chi connectivity index (χ0v) is 17.4. The van der Waals surface area contributed by atoms with Crippen LogP contribution in [-0.2, 0) is 16.4 Å². The minimum Gasteiger partial charge on any atom is -0.350 e. The molecule has 1 saturated heterocycles. The Balaban J connectivity index is 1.64. The van der Waals surface area contributed by atoms with Crippen LogP contribution in [-0.4, -0.2) is 59.1 Å². The number of imidazole rings is 1. The van der Waals surface area contributed by atoms with Crippen LogP contribution < -0.4 is 5.32 Å². The number of aromatic nitrogens is 3. The molecule has 152 valence electrons. The first kappa shape index (κ1) is 20.5. The van der Waals surface area contributed by atoms with Crippen molar-refractivity contribution in [2.45, 2.75) is 39.2 Å². The number of sulfonamides is 1. The molecule has 1 aliphatic rings. The lowest BCUT2D eigenvalue weighted by atomic mass is 10.1. The molecule has 0 unspecified atom stereocenters. The van der Waals surface area contributed by atoms with Crippen LogP contribution in [0.4, 0.5) is 0 Å². The topological polar surface area (TPSA) is 97.2 Å². The molecule has 0 aromatic carbocycles. The van der Waals surface area contributed by atoms with Gasteiger partial charge in [-0.3, -0.25) is 9.78 Å². The third-order valence-corrected chi connectivity index (χ3v) is 6.55. The second-order valence-corrected chi connectivity index (χ2v) is 9.20. The number of nitrogens with zero attached hydrogens (tertiary/aromatic N) is 4. The average molecular weight is 406 g/mol. The predicted octanol–water partition coefficient (Wildman–Crippen LogP) is 1.46. The van der Waals surface area contributed by atoms with Crippen molar-refractivity contribution in [1.82, 2.24) is 24.2 Å². The zero-order valence-electron chi connectivity index (χ0n) is 16.6. The third-order valence-electron chi connectivity index (χ3n) is 5.25. The Hall–Kier alpha value is -2.26. The minimum absolute atomic E-state index is 0.156. The summed E-state index contributed by atoms with van der Waals surface area (Å²) >= 11 is 0. The van der Waals surface area contributed by atoms with Gasteiger partial charge in [0.15, 0.2) is 0 Å². The second-order valence-electron chi connectivity index (χ2n) is 7.22. The lowest BCUT2D eigenvalue weighted by Gasteiger charge is -2.32. The fourth-order valence-corrected chi connectivity index (χ4v) is 4.67. The van der Waals surface area contributed by atoms with Crippen LogP contribution in [0.1, 0.15) is 46.5 Å². The highest BCUT2D eigenvalue weighted by Crippen LogP contribution is 2.27. The summed E-state index contributed by atoms with van der Waals surface area (Å²) in [6.07, 6.45) is 6.89. The monoisotopic (exact) mass is 405 g/mol. The Morgan fingerprint density at radius 2 is 1.86 bits per heavy atom. The lowest BCUT2D eigenvalue weighted by molar-refractivity contribution is 0.0948. The van der Waals surface area contributed by atoms with Gasteiger partial charge in [-0.05, 0) is 50.8 Å². The van der Waals surface area contributed by atoms with Gasteiger partial charge in [0.1, 0.15) is 11.5 Å². The number of nitrogens with one attached hydrogen (secondary N) is 1. The van der Waals surface area contributed by atoms with Crippen LogP contribution in [0, 0.1) is 13.8 Å². The molecule has 1 aliphatic heterocycles. The summed E-state index contributed by atoms with van der Waals surface area (Å²) in [6.45, 7) is 5.31. The van der Waals surface area contributed by atoms with Crippen molar-refractivity contribution in [2.24, 2.45) is 0 Å². The van der Waals surface area contributed by atoms with E-state index < -0.39 is 10.0 Å². The molecule has 0 aliphatic carbocycles. The second kappa shape index (κ2) is 8.40. The molecule has 3 rings (SSSR count). The quantitative estimate of drug-likeness (QED) is 0.785. The molecule has 2 aromatic rings. The first-order valence-corrected chi connectivity index (χ1v) is 11.3. The number of carbonyl (C=O) groups is 1. The van der Waals surface area contributed by atoms with Crippen molar-refractivity contribution in [1.29, 1.82) is 0 Å². The molecule has 1 fully saturated rings. The van der Waals surface area contributed by atoms with Crippen LogP contribution in [0.3, 0.4) is 0 Å². The summed E-state index contributed by atoms with van der Waals surface area (Å²) in [4.78, 5) is 21.1. The molecule has 28 heavy (non-hydrogen) atoms. The van der Waals surface area contributed by atoms with Crippen molar-refractivity contribution in [3.05, 3.63) is 47.3 Å². The normalized spacial score (nSPS) is 16.2. The number of rotatable bonds is 6. The Bertz CT molecular complexity index is 932. The Labute approximate surface area is 166 Å². The van der Waals surface area contributed by atoms with E-state index in [1.54, 1.807) is 12.4 Å². The van der Waals surface area contributed by atoms with Crippen LogP contribution in [0.2, 0.25) is 0 Å². The molecular weight excluding hydrogens is 378 g/mol. The number of amides is 1. The van der Waals surface area contributed by atoms with E-state index in [4.69, 9.17) is 0 Å². The zero-order chi connectivity index (χ0) is 20.3. The molecule has 0 saturated carbocycles. The molecule has 0 atom stereocenters. The standard InChI is InChI=1S/C19H27N5O3S/c1-14-18(19(25)21-11-6-16-4-9-20-10-5-16)22-15(2)24(14)17-7-12-23(13-8-17)28(3,26)27/h4-5,9-10,17H,6-8,11-13H2,1-3H3,(H,21,25). The number of pyridine rings is 1. The maximum Gasteiger partial charge on any atom is 0.271 e. The van der Waals surface area contributed by atoms with Gasteiger partial charge in [-0.1, -0.05) is 0 Å². The van der Waals surface area contributed by atoms with E-state index >= 15 is 0 Å². The first-order valence-electron chi connectivity index (χ1n) is 9.45. The highest BCUT2D eigenvalue weighted by Gasteiger charge is 2.29. The Morgan fingerprint density at radius 3 is 2.46 bits per heavy atom. The Morgan fingerprint density at radius 1 is 1.21 bits per heavy atom. The fraction of sp³-hybridized carbons (Fsp3) is 0.526. The number of aryl methyl sites for hydroxylation is 1. The summed E-state index contributed by atoms with van der Waals surface area (Å²) < 4.78 is 27.0.